The third-order valence-corrected chi connectivity index (χ3v) is 3.74. The summed E-state index contributed by atoms with van der Waals surface area (Å²) < 4.78 is 39.8. The van der Waals surface area contributed by atoms with E-state index < -0.39 is 30.7 Å². The number of halogens is 3. The summed E-state index contributed by atoms with van der Waals surface area (Å²) in [5.74, 6) is -1.33. The summed E-state index contributed by atoms with van der Waals surface area (Å²) in [7, 11) is 0. The van der Waals surface area contributed by atoms with Gasteiger partial charge in [-0.2, -0.15) is 13.2 Å². The minimum Gasteiger partial charge on any atom is -0.480 e. The molecular weight excluding hydrogens is 287 g/mol. The predicted molar refractivity (Wildman–Crippen MR) is 61.7 cm³/mol. The van der Waals surface area contributed by atoms with Gasteiger partial charge in [-0.3, -0.25) is 4.79 Å². The van der Waals surface area contributed by atoms with Crippen molar-refractivity contribution in [2.24, 2.45) is 0 Å². The first kappa shape index (κ1) is 16.1. The van der Waals surface area contributed by atoms with Crippen LogP contribution < -0.4 is 0 Å². The summed E-state index contributed by atoms with van der Waals surface area (Å²) in [6, 6.07) is -0.921. The lowest BCUT2D eigenvalue weighted by molar-refractivity contribution is -0.175. The van der Waals surface area contributed by atoms with Crippen molar-refractivity contribution >= 4 is 23.6 Å². The second kappa shape index (κ2) is 6.47. The molecule has 0 spiro atoms. The number of ether oxygens (including phenoxy) is 1. The van der Waals surface area contributed by atoms with Gasteiger partial charge < -0.3 is 14.7 Å². The predicted octanol–water partition coefficient (Wildman–Crippen LogP) is 1.33. The van der Waals surface area contributed by atoms with Crippen LogP contribution in [-0.2, 0) is 14.3 Å². The Bertz CT molecular complexity index is 350. The van der Waals surface area contributed by atoms with E-state index in [4.69, 9.17) is 5.11 Å². The van der Waals surface area contributed by atoms with Gasteiger partial charge in [0.2, 0.25) is 5.91 Å². The number of rotatable bonds is 5. The quantitative estimate of drug-likeness (QED) is 0.776. The van der Waals surface area contributed by atoms with E-state index in [0.717, 1.165) is 0 Å². The molecule has 0 bridgehead atoms. The number of alkyl halides is 3. The van der Waals surface area contributed by atoms with E-state index in [1.165, 1.54) is 16.7 Å². The van der Waals surface area contributed by atoms with Crippen molar-refractivity contribution in [2.75, 3.05) is 19.0 Å². The molecule has 1 amide bonds. The minimum atomic E-state index is -4.43. The fourth-order valence-electron chi connectivity index (χ4n) is 1.69. The summed E-state index contributed by atoms with van der Waals surface area (Å²) >= 11 is 1.32. The largest absolute Gasteiger partial charge is 0.480 e. The van der Waals surface area contributed by atoms with Gasteiger partial charge in [-0.05, 0) is 6.92 Å². The molecule has 1 fully saturated rings. The number of carboxylic acids is 1. The molecule has 5 nitrogen and oxygen atoms in total. The zero-order valence-electron chi connectivity index (χ0n) is 10.1. The minimum absolute atomic E-state index is 0.259. The van der Waals surface area contributed by atoms with Crippen LogP contribution in [0.4, 0.5) is 13.2 Å². The van der Waals surface area contributed by atoms with Gasteiger partial charge in [0.1, 0.15) is 12.6 Å². The van der Waals surface area contributed by atoms with E-state index >= 15 is 0 Å². The molecule has 110 valence electrons. The highest BCUT2D eigenvalue weighted by Crippen LogP contribution is 2.29. The highest BCUT2D eigenvalue weighted by atomic mass is 32.2. The molecular formula is C10H14F3NO4S. The van der Waals surface area contributed by atoms with Crippen LogP contribution in [-0.4, -0.2) is 58.4 Å². The van der Waals surface area contributed by atoms with Crippen molar-refractivity contribution in [2.45, 2.75) is 30.9 Å². The Balaban J connectivity index is 2.42. The molecule has 0 aliphatic carbocycles. The van der Waals surface area contributed by atoms with Gasteiger partial charge in [0.15, 0.2) is 0 Å². The lowest BCUT2D eigenvalue weighted by Gasteiger charge is -2.25. The maximum atomic E-state index is 11.8. The molecule has 1 aliphatic rings. The Labute approximate surface area is 112 Å². The van der Waals surface area contributed by atoms with E-state index in [0.29, 0.717) is 0 Å². The molecule has 9 heteroatoms. The summed E-state index contributed by atoms with van der Waals surface area (Å²) in [5, 5.41) is 8.65. The van der Waals surface area contributed by atoms with Crippen molar-refractivity contribution in [3.05, 3.63) is 0 Å². The summed E-state index contributed by atoms with van der Waals surface area (Å²) in [6.45, 7) is -0.104. The number of carboxylic acid groups (broad SMARTS) is 1. The zero-order valence-corrected chi connectivity index (χ0v) is 11.0. The van der Waals surface area contributed by atoms with Gasteiger partial charge >= 0.3 is 12.1 Å². The topological polar surface area (TPSA) is 66.8 Å². The number of hydrogen-bond acceptors (Lipinski definition) is 4. The molecule has 1 heterocycles. The molecule has 19 heavy (non-hydrogen) atoms. The van der Waals surface area contributed by atoms with Crippen molar-refractivity contribution in [1.82, 2.24) is 4.90 Å². The van der Waals surface area contributed by atoms with E-state index in [9.17, 15) is 22.8 Å². The average Bonchev–Trinajstić information content (AvgIpc) is 2.65. The number of carbonyl (C=O) groups is 2. The molecule has 0 aromatic heterocycles. The first-order chi connectivity index (χ1) is 8.72. The van der Waals surface area contributed by atoms with Gasteiger partial charge in [-0.15, -0.1) is 11.8 Å². The first-order valence-electron chi connectivity index (χ1n) is 5.52. The molecule has 1 saturated heterocycles. The van der Waals surface area contributed by atoms with Crippen LogP contribution in [0, 0.1) is 0 Å². The molecule has 2 atom stereocenters. The van der Waals surface area contributed by atoms with E-state index in [2.05, 4.69) is 4.74 Å². The Kier molecular flexibility index (Phi) is 5.48. The molecule has 2 unspecified atom stereocenters. The summed E-state index contributed by atoms with van der Waals surface area (Å²) in [4.78, 5) is 23.9. The highest BCUT2D eigenvalue weighted by Gasteiger charge is 2.39. The fraction of sp³-hybridized carbons (Fsp3) is 0.800. The monoisotopic (exact) mass is 301 g/mol. The van der Waals surface area contributed by atoms with Gasteiger partial charge in [-0.1, -0.05) is 0 Å². The third-order valence-electron chi connectivity index (χ3n) is 2.52. The maximum absolute atomic E-state index is 11.8. The van der Waals surface area contributed by atoms with Crippen molar-refractivity contribution in [3.8, 4) is 0 Å². The van der Waals surface area contributed by atoms with Crippen LogP contribution in [0.3, 0.4) is 0 Å². The van der Waals surface area contributed by atoms with Crippen molar-refractivity contribution in [3.63, 3.8) is 0 Å². The van der Waals surface area contributed by atoms with E-state index in [1.807, 2.05) is 0 Å². The third kappa shape index (κ3) is 4.90. The van der Waals surface area contributed by atoms with Crippen LogP contribution >= 0.6 is 11.8 Å². The summed E-state index contributed by atoms with van der Waals surface area (Å²) in [6.07, 6.45) is -4.69. The SMILES string of the molecule is CC1SCC(C(=O)O)N1C(=O)CCOCC(F)(F)F. The molecule has 1 rings (SSSR count). The van der Waals surface area contributed by atoms with Crippen molar-refractivity contribution in [1.29, 1.82) is 0 Å². The molecule has 1 aliphatic heterocycles. The van der Waals surface area contributed by atoms with Crippen LogP contribution in [0.1, 0.15) is 13.3 Å². The number of amides is 1. The molecule has 1 N–H and O–H groups in total. The molecule has 0 radical (unpaired) electrons. The summed E-state index contributed by atoms with van der Waals surface area (Å²) in [5.41, 5.74) is 0. The number of nitrogens with zero attached hydrogens (tertiary/aromatic N) is 1. The van der Waals surface area contributed by atoms with Gasteiger partial charge in [0, 0.05) is 5.75 Å². The fourth-order valence-corrected chi connectivity index (χ4v) is 2.88. The number of aliphatic carboxylic acids is 1. The van der Waals surface area contributed by atoms with Crippen LogP contribution in [0.25, 0.3) is 0 Å². The lowest BCUT2D eigenvalue weighted by atomic mass is 10.2. The van der Waals surface area contributed by atoms with Crippen LogP contribution in [0.5, 0.6) is 0 Å². The Hall–Kier alpha value is -0.960. The molecule has 0 aromatic carbocycles. The number of hydrogen-bond donors (Lipinski definition) is 1. The Morgan fingerprint density at radius 3 is 2.63 bits per heavy atom. The smallest absolute Gasteiger partial charge is 0.411 e. The average molecular weight is 301 g/mol. The van der Waals surface area contributed by atoms with Gasteiger partial charge in [0.05, 0.1) is 18.4 Å². The molecule has 0 saturated carbocycles. The number of thioether (sulfide) groups is 1. The van der Waals surface area contributed by atoms with Gasteiger partial charge in [0.25, 0.3) is 0 Å². The van der Waals surface area contributed by atoms with Crippen LogP contribution in [0.15, 0.2) is 0 Å². The standard InChI is InChI=1S/C10H14F3NO4S/c1-6-14(7(4-19-6)9(16)17)8(15)2-3-18-5-10(11,12)13/h6-7H,2-5H2,1H3,(H,16,17). The van der Waals surface area contributed by atoms with Crippen LogP contribution in [0.2, 0.25) is 0 Å². The van der Waals surface area contributed by atoms with E-state index in [1.54, 1.807) is 6.92 Å². The zero-order chi connectivity index (χ0) is 14.6. The number of carbonyl (C=O) groups excluding carboxylic acids is 1. The Morgan fingerprint density at radius 2 is 2.11 bits per heavy atom. The second-order valence-corrected chi connectivity index (χ2v) is 5.35. The first-order valence-corrected chi connectivity index (χ1v) is 6.57. The van der Waals surface area contributed by atoms with E-state index in [-0.39, 0.29) is 24.2 Å². The lowest BCUT2D eigenvalue weighted by Crippen LogP contribution is -2.45. The van der Waals surface area contributed by atoms with Gasteiger partial charge in [-0.25, -0.2) is 4.79 Å². The van der Waals surface area contributed by atoms with Crippen molar-refractivity contribution < 1.29 is 32.6 Å². The maximum Gasteiger partial charge on any atom is 0.411 e. The highest BCUT2D eigenvalue weighted by molar-refractivity contribution is 8.00. The molecule has 0 aromatic rings. The normalized spacial score (nSPS) is 23.7. The Morgan fingerprint density at radius 1 is 1.47 bits per heavy atom. The second-order valence-electron chi connectivity index (χ2n) is 4.01.